The van der Waals surface area contributed by atoms with Crippen molar-refractivity contribution < 1.29 is 9.53 Å². The Balaban J connectivity index is 2.37. The van der Waals surface area contributed by atoms with Crippen LogP contribution in [0.25, 0.3) is 0 Å². The van der Waals surface area contributed by atoms with Gasteiger partial charge in [-0.25, -0.2) is 0 Å². The first-order valence-corrected chi connectivity index (χ1v) is 5.12. The molecule has 90 valence electrons. The van der Waals surface area contributed by atoms with Crippen molar-refractivity contribution in [2.24, 2.45) is 0 Å². The third-order valence-electron chi connectivity index (χ3n) is 1.89. The highest BCUT2D eigenvalue weighted by molar-refractivity contribution is 5.77. The monoisotopic (exact) mass is 234 g/mol. The lowest BCUT2D eigenvalue weighted by molar-refractivity contribution is -0.122. The van der Waals surface area contributed by atoms with E-state index in [0.29, 0.717) is 12.3 Å². The Labute approximate surface area is 99.6 Å². The van der Waals surface area contributed by atoms with E-state index in [1.807, 2.05) is 19.2 Å². The first kappa shape index (κ1) is 12.9. The fraction of sp³-hybridized carbons (Fsp3) is 0.364. The summed E-state index contributed by atoms with van der Waals surface area (Å²) in [6, 6.07) is 5.38. The van der Waals surface area contributed by atoms with Gasteiger partial charge in [-0.2, -0.15) is 5.26 Å². The Morgan fingerprint density at radius 2 is 2.41 bits per heavy atom. The molecule has 0 fully saturated rings. The second-order valence-corrected chi connectivity index (χ2v) is 3.24. The van der Waals surface area contributed by atoms with Gasteiger partial charge in [-0.1, -0.05) is 0 Å². The number of nitriles is 1. The lowest BCUT2D eigenvalue weighted by Gasteiger charge is -2.06. The van der Waals surface area contributed by atoms with Crippen molar-refractivity contribution in [3.05, 3.63) is 24.0 Å². The summed E-state index contributed by atoms with van der Waals surface area (Å²) >= 11 is 0. The van der Waals surface area contributed by atoms with E-state index in [4.69, 9.17) is 10.00 Å². The summed E-state index contributed by atoms with van der Waals surface area (Å²) in [5.41, 5.74) is 0.897. The minimum absolute atomic E-state index is 0.0124. The number of carbonyl (C=O) groups excluding carboxylic acids is 1. The molecule has 17 heavy (non-hydrogen) atoms. The van der Waals surface area contributed by atoms with Gasteiger partial charge in [-0.15, -0.1) is 0 Å². The zero-order valence-corrected chi connectivity index (χ0v) is 9.56. The highest BCUT2D eigenvalue weighted by atomic mass is 16.5. The number of nitrogens with zero attached hydrogens (tertiary/aromatic N) is 2. The van der Waals surface area contributed by atoms with Gasteiger partial charge in [-0.05, 0) is 19.2 Å². The Hall–Kier alpha value is -2.13. The largest absolute Gasteiger partial charge is 0.482 e. The van der Waals surface area contributed by atoms with Crippen LogP contribution in [0.3, 0.4) is 0 Å². The summed E-state index contributed by atoms with van der Waals surface area (Å²) in [5.74, 6) is 0.197. The number of pyridine rings is 1. The molecule has 0 saturated carbocycles. The number of nitrogens with one attached hydrogen (secondary N) is 2. The predicted molar refractivity (Wildman–Crippen MR) is 61.1 cm³/mol. The molecule has 1 aromatic heterocycles. The third-order valence-corrected chi connectivity index (χ3v) is 1.89. The molecule has 1 rings (SSSR count). The molecular formula is C11H14N4O2. The zero-order chi connectivity index (χ0) is 12.5. The van der Waals surface area contributed by atoms with E-state index >= 15 is 0 Å². The van der Waals surface area contributed by atoms with Gasteiger partial charge < -0.3 is 15.4 Å². The van der Waals surface area contributed by atoms with Crippen molar-refractivity contribution in [3.8, 4) is 11.8 Å². The average Bonchev–Trinajstić information content (AvgIpc) is 2.36. The fourth-order valence-electron chi connectivity index (χ4n) is 1.12. The van der Waals surface area contributed by atoms with Gasteiger partial charge in [0.05, 0.1) is 18.0 Å². The van der Waals surface area contributed by atoms with E-state index in [1.165, 1.54) is 0 Å². The van der Waals surface area contributed by atoms with Crippen LogP contribution in [0.4, 0.5) is 0 Å². The van der Waals surface area contributed by atoms with Gasteiger partial charge >= 0.3 is 0 Å². The van der Waals surface area contributed by atoms with Gasteiger partial charge in [0.15, 0.2) is 6.61 Å². The van der Waals surface area contributed by atoms with Crippen LogP contribution < -0.4 is 15.4 Å². The summed E-state index contributed by atoms with van der Waals surface area (Å²) in [7, 11) is 1.84. The molecule has 0 saturated heterocycles. The molecular weight excluding hydrogens is 220 g/mol. The molecule has 0 spiro atoms. The molecule has 1 amide bonds. The van der Waals surface area contributed by atoms with E-state index in [0.717, 1.165) is 5.69 Å². The summed E-state index contributed by atoms with van der Waals surface area (Å²) in [6.45, 7) is 0.555. The molecule has 1 heterocycles. The maximum atomic E-state index is 11.1. The van der Waals surface area contributed by atoms with Crippen LogP contribution in [-0.2, 0) is 11.3 Å². The molecule has 0 atom stereocenters. The predicted octanol–water partition coefficient (Wildman–Crippen LogP) is -0.180. The van der Waals surface area contributed by atoms with Crippen LogP contribution in [0, 0.1) is 11.3 Å². The van der Waals surface area contributed by atoms with Crippen LogP contribution in [0.5, 0.6) is 5.75 Å². The molecule has 0 aromatic carbocycles. The Bertz CT molecular complexity index is 397. The van der Waals surface area contributed by atoms with E-state index < -0.39 is 0 Å². The maximum Gasteiger partial charge on any atom is 0.258 e. The fourth-order valence-corrected chi connectivity index (χ4v) is 1.12. The number of aromatic nitrogens is 1. The summed E-state index contributed by atoms with van der Waals surface area (Å²) < 4.78 is 5.19. The smallest absolute Gasteiger partial charge is 0.258 e. The lowest BCUT2D eigenvalue weighted by Crippen LogP contribution is -2.29. The maximum absolute atomic E-state index is 11.1. The molecule has 6 heteroatoms. The number of amides is 1. The molecule has 1 aromatic rings. The summed E-state index contributed by atoms with van der Waals surface area (Å²) in [4.78, 5) is 15.3. The molecule has 0 radical (unpaired) electrons. The first-order chi connectivity index (χ1) is 8.26. The minimum Gasteiger partial charge on any atom is -0.482 e. The molecule has 0 bridgehead atoms. The van der Waals surface area contributed by atoms with Gasteiger partial charge in [0, 0.05) is 6.54 Å². The molecule has 0 unspecified atom stereocenters. The quantitative estimate of drug-likeness (QED) is 0.667. The van der Waals surface area contributed by atoms with E-state index in [9.17, 15) is 4.79 Å². The zero-order valence-electron chi connectivity index (χ0n) is 9.56. The van der Waals surface area contributed by atoms with Crippen molar-refractivity contribution in [3.63, 3.8) is 0 Å². The second-order valence-electron chi connectivity index (χ2n) is 3.24. The third kappa shape index (κ3) is 4.95. The molecule has 6 nitrogen and oxygen atoms in total. The molecule has 0 aliphatic heterocycles. The molecule has 0 aliphatic rings. The summed E-state index contributed by atoms with van der Waals surface area (Å²) in [5, 5.41) is 13.6. The second kappa shape index (κ2) is 7.19. The highest BCUT2D eigenvalue weighted by Crippen LogP contribution is 2.08. The van der Waals surface area contributed by atoms with Gasteiger partial charge in [0.25, 0.3) is 5.91 Å². The van der Waals surface area contributed by atoms with E-state index in [2.05, 4.69) is 15.6 Å². The van der Waals surface area contributed by atoms with Crippen LogP contribution in [0.15, 0.2) is 18.3 Å². The van der Waals surface area contributed by atoms with Crippen LogP contribution >= 0.6 is 0 Å². The lowest BCUT2D eigenvalue weighted by atomic mass is 10.3. The van der Waals surface area contributed by atoms with Crippen LogP contribution in [-0.4, -0.2) is 31.1 Å². The van der Waals surface area contributed by atoms with Crippen molar-refractivity contribution in [2.75, 3.05) is 20.2 Å². The Kier molecular flexibility index (Phi) is 5.47. The number of carbonyl (C=O) groups is 1. The number of rotatable bonds is 6. The number of ether oxygens (including phenoxy) is 1. The standard InChI is InChI=1S/C11H14N4O2/c1-13-6-9-2-3-10(7-15-9)17-8-11(16)14-5-4-12/h2-3,7,13H,5-6,8H2,1H3,(H,14,16). The van der Waals surface area contributed by atoms with Crippen molar-refractivity contribution in [1.82, 2.24) is 15.6 Å². The van der Waals surface area contributed by atoms with E-state index in [1.54, 1.807) is 12.3 Å². The topological polar surface area (TPSA) is 87.0 Å². The SMILES string of the molecule is CNCc1ccc(OCC(=O)NCC#N)cn1. The first-order valence-electron chi connectivity index (χ1n) is 5.12. The van der Waals surface area contributed by atoms with Crippen molar-refractivity contribution >= 4 is 5.91 Å². The molecule has 0 aliphatic carbocycles. The minimum atomic E-state index is -0.328. The van der Waals surface area contributed by atoms with Crippen LogP contribution in [0.1, 0.15) is 5.69 Å². The van der Waals surface area contributed by atoms with Crippen molar-refractivity contribution in [2.45, 2.75) is 6.54 Å². The summed E-state index contributed by atoms with van der Waals surface area (Å²) in [6.07, 6.45) is 1.56. The van der Waals surface area contributed by atoms with Gasteiger partial charge in [-0.3, -0.25) is 9.78 Å². The van der Waals surface area contributed by atoms with Gasteiger partial charge in [0.1, 0.15) is 12.3 Å². The van der Waals surface area contributed by atoms with Crippen LogP contribution in [0.2, 0.25) is 0 Å². The Morgan fingerprint density at radius 3 is 3.00 bits per heavy atom. The normalized spacial score (nSPS) is 9.41. The Morgan fingerprint density at radius 1 is 1.59 bits per heavy atom. The van der Waals surface area contributed by atoms with E-state index in [-0.39, 0.29) is 19.1 Å². The number of hydrogen-bond acceptors (Lipinski definition) is 5. The molecule has 2 N–H and O–H groups in total. The van der Waals surface area contributed by atoms with Crippen molar-refractivity contribution in [1.29, 1.82) is 5.26 Å². The number of hydrogen-bond donors (Lipinski definition) is 2. The van der Waals surface area contributed by atoms with Gasteiger partial charge in [0.2, 0.25) is 0 Å². The average molecular weight is 234 g/mol. The highest BCUT2D eigenvalue weighted by Gasteiger charge is 2.02.